The van der Waals surface area contributed by atoms with Crippen LogP contribution in [0.25, 0.3) is 21.9 Å². The van der Waals surface area contributed by atoms with Crippen LogP contribution in [0.4, 0.5) is 4.39 Å². The first-order valence-corrected chi connectivity index (χ1v) is 7.22. The van der Waals surface area contributed by atoms with E-state index in [1.807, 2.05) is 6.07 Å². The average molecular weight is 271 g/mol. The molecule has 0 nitrogen and oxygen atoms in total. The number of fused-ring (bicyclic) bond motifs is 5. The highest BCUT2D eigenvalue weighted by Gasteiger charge is 2.38. The summed E-state index contributed by atoms with van der Waals surface area (Å²) >= 11 is 0. The molecule has 2 aliphatic carbocycles. The first kappa shape index (κ1) is 11.2. The molecule has 5 rings (SSSR count). The van der Waals surface area contributed by atoms with E-state index in [9.17, 15) is 4.39 Å². The standard InChI is InChI=1S/C20H12F/c21-13-8-9-14-12(10-13)11-19-16-5-2-1-4-15(16)18-7-3-6-17(14)20(18)19/h1-5,7-11H,6H2/q+1. The van der Waals surface area contributed by atoms with E-state index in [0.29, 0.717) is 0 Å². The van der Waals surface area contributed by atoms with Crippen molar-refractivity contribution >= 4 is 10.8 Å². The zero-order chi connectivity index (χ0) is 14.0. The van der Waals surface area contributed by atoms with Crippen LogP contribution in [0.3, 0.4) is 0 Å². The van der Waals surface area contributed by atoms with E-state index < -0.39 is 0 Å². The smallest absolute Gasteiger partial charge is 0.123 e. The maximum absolute atomic E-state index is 13.6. The van der Waals surface area contributed by atoms with E-state index in [1.54, 1.807) is 12.1 Å². The summed E-state index contributed by atoms with van der Waals surface area (Å²) in [6.45, 7) is 0. The summed E-state index contributed by atoms with van der Waals surface area (Å²) in [7, 11) is 0. The first-order chi connectivity index (χ1) is 10.3. The van der Waals surface area contributed by atoms with Gasteiger partial charge in [-0.3, -0.25) is 0 Å². The Balaban J connectivity index is 1.97. The normalized spacial score (nSPS) is 14.4. The average Bonchev–Trinajstić information content (AvgIpc) is 2.83. The largest absolute Gasteiger partial charge is 0.207 e. The van der Waals surface area contributed by atoms with Crippen LogP contribution in [-0.2, 0) is 6.42 Å². The Morgan fingerprint density at radius 3 is 2.81 bits per heavy atom. The molecule has 0 spiro atoms. The minimum Gasteiger partial charge on any atom is -0.207 e. The molecular weight excluding hydrogens is 259 g/mol. The molecule has 0 atom stereocenters. The molecule has 0 heterocycles. The molecular formula is C20H12F+. The van der Waals surface area contributed by atoms with Gasteiger partial charge in [0.15, 0.2) is 0 Å². The molecule has 0 bridgehead atoms. The number of halogens is 1. The van der Waals surface area contributed by atoms with Crippen molar-refractivity contribution < 1.29 is 4.39 Å². The Kier molecular flexibility index (Phi) is 2.00. The maximum atomic E-state index is 13.6. The van der Waals surface area contributed by atoms with Gasteiger partial charge in [0.05, 0.1) is 28.2 Å². The van der Waals surface area contributed by atoms with Crippen LogP contribution in [0.5, 0.6) is 0 Å². The van der Waals surface area contributed by atoms with Gasteiger partial charge in [0.1, 0.15) is 5.82 Å². The van der Waals surface area contributed by atoms with Gasteiger partial charge >= 0.3 is 0 Å². The summed E-state index contributed by atoms with van der Waals surface area (Å²) in [6.07, 6.45) is 5.36. The molecule has 3 aromatic carbocycles. The number of benzene rings is 3. The van der Waals surface area contributed by atoms with E-state index in [4.69, 9.17) is 0 Å². The quantitative estimate of drug-likeness (QED) is 0.502. The minimum atomic E-state index is -0.170. The van der Waals surface area contributed by atoms with Gasteiger partial charge in [-0.25, -0.2) is 4.39 Å². The van der Waals surface area contributed by atoms with Gasteiger partial charge in [0, 0.05) is 17.4 Å². The molecule has 0 radical (unpaired) electrons. The third-order valence-electron chi connectivity index (χ3n) is 4.59. The molecule has 0 saturated carbocycles. The van der Waals surface area contributed by atoms with E-state index in [1.165, 1.54) is 39.1 Å². The summed E-state index contributed by atoms with van der Waals surface area (Å²) < 4.78 is 13.6. The van der Waals surface area contributed by atoms with E-state index >= 15 is 0 Å². The number of hydrogen-bond acceptors (Lipinski definition) is 0. The first-order valence-electron chi connectivity index (χ1n) is 7.22. The Bertz CT molecular complexity index is 934. The molecule has 0 N–H and O–H groups in total. The Labute approximate surface area is 122 Å². The highest BCUT2D eigenvalue weighted by atomic mass is 19.1. The second-order valence-electron chi connectivity index (χ2n) is 5.71. The fourth-order valence-corrected chi connectivity index (χ4v) is 3.74. The monoisotopic (exact) mass is 271 g/mol. The van der Waals surface area contributed by atoms with Crippen LogP contribution < -0.4 is 0 Å². The molecule has 0 unspecified atom stereocenters. The number of hydrogen-bond donors (Lipinski definition) is 0. The fraction of sp³-hybridized carbons (Fsp3) is 0.0500. The Hall–Kier alpha value is -2.54. The zero-order valence-corrected chi connectivity index (χ0v) is 11.4. The summed E-state index contributed by atoms with van der Waals surface area (Å²) in [6, 6.07) is 15.8. The SMILES string of the molecule is Fc1ccc2c3c4c(cc2c1)-c1ccccc1[C+]4C=CC3. The van der Waals surface area contributed by atoms with Crippen LogP contribution in [0, 0.1) is 11.7 Å². The van der Waals surface area contributed by atoms with Gasteiger partial charge in [-0.15, -0.1) is 0 Å². The van der Waals surface area contributed by atoms with E-state index in [-0.39, 0.29) is 5.82 Å². The highest BCUT2D eigenvalue weighted by Crippen LogP contribution is 2.50. The Morgan fingerprint density at radius 2 is 1.86 bits per heavy atom. The lowest BCUT2D eigenvalue weighted by atomic mass is 9.84. The van der Waals surface area contributed by atoms with Crippen molar-refractivity contribution in [1.82, 2.24) is 0 Å². The van der Waals surface area contributed by atoms with E-state index in [0.717, 1.165) is 11.8 Å². The molecule has 3 aromatic rings. The van der Waals surface area contributed by atoms with Gasteiger partial charge in [0.2, 0.25) is 0 Å². The van der Waals surface area contributed by atoms with Crippen molar-refractivity contribution in [2.75, 3.05) is 0 Å². The van der Waals surface area contributed by atoms with Crippen molar-refractivity contribution in [3.05, 3.63) is 89.1 Å². The molecule has 21 heavy (non-hydrogen) atoms. The number of allylic oxidation sites excluding steroid dienone is 2. The topological polar surface area (TPSA) is 0 Å². The fourth-order valence-electron chi connectivity index (χ4n) is 3.74. The molecule has 98 valence electrons. The van der Waals surface area contributed by atoms with Crippen molar-refractivity contribution in [3.8, 4) is 11.1 Å². The van der Waals surface area contributed by atoms with Crippen LogP contribution >= 0.6 is 0 Å². The summed E-state index contributed by atoms with van der Waals surface area (Å²) in [5, 5.41) is 2.17. The molecule has 0 amide bonds. The molecule has 0 saturated heterocycles. The Morgan fingerprint density at radius 1 is 0.952 bits per heavy atom. The van der Waals surface area contributed by atoms with Crippen molar-refractivity contribution in [2.45, 2.75) is 6.42 Å². The maximum Gasteiger partial charge on any atom is 0.123 e. The van der Waals surface area contributed by atoms with Crippen LogP contribution in [0.15, 0.2) is 60.7 Å². The zero-order valence-electron chi connectivity index (χ0n) is 11.4. The summed E-state index contributed by atoms with van der Waals surface area (Å²) in [5.74, 6) is 1.14. The third-order valence-corrected chi connectivity index (χ3v) is 4.59. The molecule has 0 aromatic heterocycles. The van der Waals surface area contributed by atoms with Crippen molar-refractivity contribution in [3.63, 3.8) is 0 Å². The predicted octanol–water partition coefficient (Wildman–Crippen LogP) is 5.04. The van der Waals surface area contributed by atoms with Gasteiger partial charge < -0.3 is 0 Å². The lowest BCUT2D eigenvalue weighted by Crippen LogP contribution is -2.04. The summed E-state index contributed by atoms with van der Waals surface area (Å²) in [5.41, 5.74) is 6.48. The van der Waals surface area contributed by atoms with Crippen LogP contribution in [0.1, 0.15) is 16.7 Å². The molecule has 0 aliphatic heterocycles. The van der Waals surface area contributed by atoms with Gasteiger partial charge in [-0.2, -0.15) is 0 Å². The van der Waals surface area contributed by atoms with Crippen molar-refractivity contribution in [1.29, 1.82) is 0 Å². The van der Waals surface area contributed by atoms with Gasteiger partial charge in [0.25, 0.3) is 0 Å². The lowest BCUT2D eigenvalue weighted by molar-refractivity contribution is 0.629. The minimum absolute atomic E-state index is 0.170. The van der Waals surface area contributed by atoms with Crippen molar-refractivity contribution in [2.24, 2.45) is 0 Å². The van der Waals surface area contributed by atoms with Gasteiger partial charge in [-0.05, 0) is 66.1 Å². The molecule has 0 fully saturated rings. The second-order valence-corrected chi connectivity index (χ2v) is 5.71. The third kappa shape index (κ3) is 1.36. The molecule has 2 aliphatic rings. The summed E-state index contributed by atoms with van der Waals surface area (Å²) in [4.78, 5) is 0. The van der Waals surface area contributed by atoms with Crippen LogP contribution in [-0.4, -0.2) is 0 Å². The predicted molar refractivity (Wildman–Crippen MR) is 83.6 cm³/mol. The highest BCUT2D eigenvalue weighted by molar-refractivity contribution is 5.99. The van der Waals surface area contributed by atoms with Crippen LogP contribution in [0.2, 0.25) is 0 Å². The molecule has 1 heteroatoms. The number of rotatable bonds is 0. The lowest BCUT2D eigenvalue weighted by Gasteiger charge is -2.14. The van der Waals surface area contributed by atoms with E-state index in [2.05, 4.69) is 42.5 Å². The second kappa shape index (κ2) is 3.76. The van der Waals surface area contributed by atoms with Gasteiger partial charge in [-0.1, -0.05) is 0 Å².